The molecule has 1 aromatic heterocycles. The van der Waals surface area contributed by atoms with Gasteiger partial charge < -0.3 is 14.7 Å². The lowest BCUT2D eigenvalue weighted by Crippen LogP contribution is -2.75. The number of nitrogens with zero attached hydrogens (tertiary/aromatic N) is 3. The van der Waals surface area contributed by atoms with Crippen molar-refractivity contribution in [2.45, 2.75) is 45.4 Å². The Morgan fingerprint density at radius 1 is 1.25 bits per heavy atom. The highest BCUT2D eigenvalue weighted by atomic mass is 32.1. The van der Waals surface area contributed by atoms with E-state index >= 15 is 4.39 Å². The van der Waals surface area contributed by atoms with Gasteiger partial charge in [-0.15, -0.1) is 10.2 Å². The van der Waals surface area contributed by atoms with E-state index in [1.807, 2.05) is 0 Å². The van der Waals surface area contributed by atoms with Gasteiger partial charge in [-0.05, 0) is 32.4 Å². The third-order valence-electron chi connectivity index (χ3n) is 6.26. The number of rotatable bonds is 1. The maximum atomic E-state index is 15.6. The summed E-state index contributed by atoms with van der Waals surface area (Å²) in [5.41, 5.74) is -1.14. The highest BCUT2D eigenvalue weighted by molar-refractivity contribution is 7.14. The number of phenols is 1. The highest BCUT2D eigenvalue weighted by Gasteiger charge is 2.63. The van der Waals surface area contributed by atoms with Crippen LogP contribution in [-0.2, 0) is 20.7 Å². The van der Waals surface area contributed by atoms with Gasteiger partial charge in [-0.1, -0.05) is 11.3 Å². The molecule has 3 aliphatic rings. The summed E-state index contributed by atoms with van der Waals surface area (Å²) < 4.78 is 21.5. The average molecular weight is 461 g/mol. The summed E-state index contributed by atoms with van der Waals surface area (Å²) in [6.07, 6.45) is -1.14. The van der Waals surface area contributed by atoms with Gasteiger partial charge in [0.1, 0.15) is 5.01 Å². The molecule has 0 radical (unpaired) electrons. The zero-order chi connectivity index (χ0) is 22.9. The number of aryl methyl sites for hydroxylation is 1. The van der Waals surface area contributed by atoms with Crippen LogP contribution in [0.5, 0.6) is 5.75 Å². The standard InChI is InChI=1S/C20H20FN5O5S/c1-7-6-26-13-10(4-11(14(27)12(13)21)16-25-24-9(3)32-16)5-20(15(26)8(2)31-7)17(28)22-19(30)23-18(20)29/h4,7-8,15,27H,5-6H2,1-3H3,(H2,22,23,28,29,30)/t7?,8?,15-/m0/s1. The second-order valence-corrected chi connectivity index (χ2v) is 9.54. The Bertz CT molecular complexity index is 1160. The van der Waals surface area contributed by atoms with Crippen LogP contribution in [0.15, 0.2) is 6.07 Å². The minimum absolute atomic E-state index is 0.114. The number of aromatic nitrogens is 2. The SMILES string of the molecule is Cc1nnc(-c2cc3c(c(F)c2O)N2CC(C)OC(C)[C@H]2C2(C3)C(=O)NC(=O)NC2=O)s1. The van der Waals surface area contributed by atoms with Gasteiger partial charge in [0.05, 0.1) is 29.5 Å². The van der Waals surface area contributed by atoms with Gasteiger partial charge in [0.2, 0.25) is 11.8 Å². The molecule has 168 valence electrons. The zero-order valence-electron chi connectivity index (χ0n) is 17.4. The molecule has 2 saturated heterocycles. The summed E-state index contributed by atoms with van der Waals surface area (Å²) in [5, 5.41) is 23.9. The first kappa shape index (κ1) is 20.8. The van der Waals surface area contributed by atoms with Crippen molar-refractivity contribution >= 4 is 34.9 Å². The van der Waals surface area contributed by atoms with Crippen LogP contribution >= 0.6 is 11.3 Å². The van der Waals surface area contributed by atoms with Crippen LogP contribution < -0.4 is 15.5 Å². The number of barbiturate groups is 1. The molecular formula is C20H20FN5O5S. The number of carbonyl (C=O) groups excluding carboxylic acids is 3. The Hall–Kier alpha value is -3.12. The Balaban J connectivity index is 1.75. The molecule has 10 nitrogen and oxygen atoms in total. The van der Waals surface area contributed by atoms with E-state index in [1.54, 1.807) is 25.7 Å². The lowest BCUT2D eigenvalue weighted by molar-refractivity contribution is -0.153. The third-order valence-corrected chi connectivity index (χ3v) is 7.13. The van der Waals surface area contributed by atoms with Gasteiger partial charge in [0.25, 0.3) is 0 Å². The molecular weight excluding hydrogens is 441 g/mol. The summed E-state index contributed by atoms with van der Waals surface area (Å²) in [7, 11) is 0. The second kappa shape index (κ2) is 6.94. The van der Waals surface area contributed by atoms with E-state index in [0.29, 0.717) is 15.6 Å². The Morgan fingerprint density at radius 3 is 2.56 bits per heavy atom. The lowest BCUT2D eigenvalue weighted by atomic mass is 9.66. The Kier molecular flexibility index (Phi) is 4.50. The number of imide groups is 2. The molecule has 12 heteroatoms. The van der Waals surface area contributed by atoms with Crippen molar-refractivity contribution in [1.82, 2.24) is 20.8 Å². The molecule has 3 aliphatic heterocycles. The molecule has 2 unspecified atom stereocenters. The minimum Gasteiger partial charge on any atom is -0.504 e. The number of ether oxygens (including phenoxy) is 1. The van der Waals surface area contributed by atoms with Crippen molar-refractivity contribution in [2.75, 3.05) is 11.4 Å². The van der Waals surface area contributed by atoms with Gasteiger partial charge in [-0.2, -0.15) is 0 Å². The van der Waals surface area contributed by atoms with Crippen molar-refractivity contribution in [3.63, 3.8) is 0 Å². The Labute approximate surface area is 185 Å². The van der Waals surface area contributed by atoms with E-state index in [1.165, 1.54) is 17.4 Å². The predicted molar refractivity (Wildman–Crippen MR) is 111 cm³/mol. The van der Waals surface area contributed by atoms with E-state index in [0.717, 1.165) is 0 Å². The molecule has 0 saturated carbocycles. The lowest BCUT2D eigenvalue weighted by Gasteiger charge is -2.55. The average Bonchev–Trinajstić information content (AvgIpc) is 3.14. The largest absolute Gasteiger partial charge is 0.504 e. The number of fused-ring (bicyclic) bond motifs is 4. The van der Waals surface area contributed by atoms with Gasteiger partial charge in [0, 0.05) is 13.0 Å². The van der Waals surface area contributed by atoms with Crippen LogP contribution in [0.3, 0.4) is 0 Å². The first-order valence-corrected chi connectivity index (χ1v) is 10.9. The summed E-state index contributed by atoms with van der Waals surface area (Å²) >= 11 is 1.18. The topological polar surface area (TPSA) is 134 Å². The smallest absolute Gasteiger partial charge is 0.328 e. The molecule has 3 N–H and O–H groups in total. The molecule has 2 fully saturated rings. The molecule has 1 spiro atoms. The summed E-state index contributed by atoms with van der Waals surface area (Å²) in [4.78, 5) is 39.7. The molecule has 32 heavy (non-hydrogen) atoms. The normalized spacial score (nSPS) is 26.4. The molecule has 1 aromatic carbocycles. The molecule has 0 aliphatic carbocycles. The van der Waals surface area contributed by atoms with E-state index in [4.69, 9.17) is 4.74 Å². The van der Waals surface area contributed by atoms with Gasteiger partial charge >= 0.3 is 6.03 Å². The predicted octanol–water partition coefficient (Wildman–Crippen LogP) is 1.25. The first-order chi connectivity index (χ1) is 15.1. The number of morpholine rings is 1. The van der Waals surface area contributed by atoms with E-state index in [2.05, 4.69) is 20.8 Å². The number of hydrogen-bond donors (Lipinski definition) is 3. The van der Waals surface area contributed by atoms with E-state index in [-0.39, 0.29) is 30.3 Å². The number of amides is 4. The second-order valence-electron chi connectivity index (χ2n) is 8.36. The molecule has 3 atom stereocenters. The summed E-state index contributed by atoms with van der Waals surface area (Å²) in [6.45, 7) is 5.42. The molecule has 5 rings (SSSR count). The van der Waals surface area contributed by atoms with Crippen molar-refractivity contribution < 1.29 is 28.6 Å². The van der Waals surface area contributed by atoms with Crippen molar-refractivity contribution in [3.05, 3.63) is 22.5 Å². The molecule has 4 heterocycles. The number of aromatic hydroxyl groups is 1. The van der Waals surface area contributed by atoms with Crippen LogP contribution in [0.25, 0.3) is 10.6 Å². The fourth-order valence-corrected chi connectivity index (χ4v) is 5.83. The van der Waals surface area contributed by atoms with Crippen LogP contribution in [0.1, 0.15) is 24.4 Å². The third kappa shape index (κ3) is 2.75. The molecule has 0 bridgehead atoms. The van der Waals surface area contributed by atoms with Crippen molar-refractivity contribution in [1.29, 1.82) is 0 Å². The quantitative estimate of drug-likeness (QED) is 0.541. The monoisotopic (exact) mass is 461 g/mol. The Morgan fingerprint density at radius 2 is 1.94 bits per heavy atom. The van der Waals surface area contributed by atoms with Crippen LogP contribution in [0, 0.1) is 18.2 Å². The summed E-state index contributed by atoms with van der Waals surface area (Å²) in [6, 6.07) is -0.251. The van der Waals surface area contributed by atoms with E-state index < -0.39 is 47.0 Å². The maximum absolute atomic E-state index is 15.6. The number of phenolic OH excluding ortho intramolecular Hbond substituents is 1. The molecule has 4 amide bonds. The number of halogens is 1. The van der Waals surface area contributed by atoms with Crippen LogP contribution in [0.4, 0.5) is 14.9 Å². The number of anilines is 1. The number of urea groups is 1. The van der Waals surface area contributed by atoms with Crippen LogP contribution in [-0.4, -0.2) is 57.9 Å². The van der Waals surface area contributed by atoms with Gasteiger partial charge in [-0.25, -0.2) is 9.18 Å². The highest BCUT2D eigenvalue weighted by Crippen LogP contribution is 2.51. The van der Waals surface area contributed by atoms with Gasteiger partial charge in [0.15, 0.2) is 22.0 Å². The number of hydrogen-bond acceptors (Lipinski definition) is 9. The van der Waals surface area contributed by atoms with Crippen molar-refractivity contribution in [3.8, 4) is 16.3 Å². The van der Waals surface area contributed by atoms with Gasteiger partial charge in [-0.3, -0.25) is 20.2 Å². The molecule has 2 aromatic rings. The minimum atomic E-state index is -1.72. The fourth-order valence-electron chi connectivity index (χ4n) is 5.12. The maximum Gasteiger partial charge on any atom is 0.328 e. The zero-order valence-corrected chi connectivity index (χ0v) is 18.2. The number of benzene rings is 1. The first-order valence-electron chi connectivity index (χ1n) is 10.1. The fraction of sp³-hybridized carbons (Fsp3) is 0.450. The number of carbonyl (C=O) groups is 3. The van der Waals surface area contributed by atoms with E-state index in [9.17, 15) is 19.5 Å². The van der Waals surface area contributed by atoms with Crippen molar-refractivity contribution in [2.24, 2.45) is 5.41 Å². The summed E-state index contributed by atoms with van der Waals surface area (Å²) in [5.74, 6) is -2.97. The van der Waals surface area contributed by atoms with Crippen LogP contribution in [0.2, 0.25) is 0 Å². The number of nitrogens with one attached hydrogen (secondary N) is 2.